The van der Waals surface area contributed by atoms with Crippen molar-refractivity contribution in [1.29, 1.82) is 0 Å². The second kappa shape index (κ2) is 9.48. The molecular formula is C24H29N3O3. The van der Waals surface area contributed by atoms with E-state index >= 15 is 0 Å². The number of aliphatic carboxylic acids is 1. The van der Waals surface area contributed by atoms with Crippen molar-refractivity contribution in [3.63, 3.8) is 0 Å². The van der Waals surface area contributed by atoms with Crippen LogP contribution in [0.15, 0.2) is 42.5 Å². The van der Waals surface area contributed by atoms with Crippen molar-refractivity contribution in [3.05, 3.63) is 65.0 Å². The molecule has 0 aliphatic heterocycles. The number of carboxylic acid groups (broad SMARTS) is 1. The molecule has 30 heavy (non-hydrogen) atoms. The highest BCUT2D eigenvalue weighted by atomic mass is 16.5. The summed E-state index contributed by atoms with van der Waals surface area (Å²) in [6.07, 6.45) is 2.27. The Morgan fingerprint density at radius 2 is 1.87 bits per heavy atom. The average Bonchev–Trinajstić information content (AvgIpc) is 3.01. The molecule has 0 unspecified atom stereocenters. The molecule has 0 saturated heterocycles. The molecule has 158 valence electrons. The highest BCUT2D eigenvalue weighted by molar-refractivity contribution is 5.67. The van der Waals surface area contributed by atoms with Crippen molar-refractivity contribution in [2.45, 2.75) is 39.5 Å². The van der Waals surface area contributed by atoms with Gasteiger partial charge in [0.05, 0.1) is 12.3 Å². The molecule has 3 aromatic rings. The Morgan fingerprint density at radius 3 is 2.53 bits per heavy atom. The second-order valence-electron chi connectivity index (χ2n) is 7.42. The zero-order valence-corrected chi connectivity index (χ0v) is 17.8. The number of hydrogen-bond donors (Lipinski definition) is 2. The van der Waals surface area contributed by atoms with Gasteiger partial charge in [-0.2, -0.15) is 0 Å². The van der Waals surface area contributed by atoms with Gasteiger partial charge in [-0.25, -0.2) is 4.98 Å². The Morgan fingerprint density at radius 1 is 1.13 bits per heavy atom. The number of benzene rings is 2. The van der Waals surface area contributed by atoms with Crippen LogP contribution in [0.2, 0.25) is 0 Å². The zero-order valence-electron chi connectivity index (χ0n) is 17.8. The number of aryl methyl sites for hydroxylation is 3. The molecule has 6 heteroatoms. The molecule has 0 radical (unpaired) electrons. The van der Waals surface area contributed by atoms with E-state index in [1.165, 1.54) is 0 Å². The third-order valence-corrected chi connectivity index (χ3v) is 5.36. The van der Waals surface area contributed by atoms with Crippen molar-refractivity contribution in [3.8, 4) is 17.1 Å². The number of imidazole rings is 1. The normalized spacial score (nSPS) is 10.9. The number of hydrogen-bond acceptors (Lipinski definition) is 4. The molecule has 3 N–H and O–H groups in total. The molecule has 0 fully saturated rings. The Balaban J connectivity index is 1.66. The van der Waals surface area contributed by atoms with Gasteiger partial charge in [-0.1, -0.05) is 13.0 Å². The summed E-state index contributed by atoms with van der Waals surface area (Å²) in [5.41, 5.74) is 11.9. The number of aromatic nitrogens is 2. The molecule has 0 saturated carbocycles. The highest BCUT2D eigenvalue weighted by Crippen LogP contribution is 2.24. The van der Waals surface area contributed by atoms with Crippen molar-refractivity contribution in [2.75, 3.05) is 12.3 Å². The Labute approximate surface area is 177 Å². The summed E-state index contributed by atoms with van der Waals surface area (Å²) in [5, 5.41) is 8.91. The van der Waals surface area contributed by atoms with Gasteiger partial charge in [0.2, 0.25) is 0 Å². The average molecular weight is 408 g/mol. The maximum absolute atomic E-state index is 10.8. The van der Waals surface area contributed by atoms with E-state index in [1.54, 1.807) is 0 Å². The fourth-order valence-corrected chi connectivity index (χ4v) is 3.68. The standard InChI is InChI=1S/C24H29N3O3/c1-4-17-15-21(11-7-18(17)8-12-23(28)29)30-14-13-22-16(2)26-24(27(22)3)19-5-9-20(25)10-6-19/h5-7,9-11,15H,4,8,12-14,25H2,1-3H3,(H,28,29). The molecule has 0 aliphatic carbocycles. The predicted octanol–water partition coefficient (Wildman–Crippen LogP) is 4.18. The van der Waals surface area contributed by atoms with E-state index in [9.17, 15) is 4.79 Å². The molecule has 1 heterocycles. The van der Waals surface area contributed by atoms with Gasteiger partial charge in [-0.3, -0.25) is 4.79 Å². The van der Waals surface area contributed by atoms with Crippen LogP contribution in [-0.4, -0.2) is 27.2 Å². The van der Waals surface area contributed by atoms with E-state index in [0.717, 1.165) is 58.2 Å². The number of carbonyl (C=O) groups is 1. The smallest absolute Gasteiger partial charge is 0.303 e. The van der Waals surface area contributed by atoms with Crippen molar-refractivity contribution >= 4 is 11.7 Å². The molecule has 1 aromatic heterocycles. The summed E-state index contributed by atoms with van der Waals surface area (Å²) in [6, 6.07) is 13.7. The molecule has 0 bridgehead atoms. The molecule has 3 rings (SSSR count). The van der Waals surface area contributed by atoms with Crippen molar-refractivity contribution in [1.82, 2.24) is 9.55 Å². The lowest BCUT2D eigenvalue weighted by Crippen LogP contribution is -2.07. The number of carboxylic acids is 1. The maximum atomic E-state index is 10.8. The van der Waals surface area contributed by atoms with Gasteiger partial charge in [-0.15, -0.1) is 0 Å². The third-order valence-electron chi connectivity index (χ3n) is 5.36. The van der Waals surface area contributed by atoms with Crippen LogP contribution < -0.4 is 10.5 Å². The molecule has 2 aromatic carbocycles. The molecule has 0 atom stereocenters. The molecule has 0 amide bonds. The van der Waals surface area contributed by atoms with Crippen LogP contribution in [-0.2, 0) is 31.1 Å². The minimum Gasteiger partial charge on any atom is -0.493 e. The van der Waals surface area contributed by atoms with Crippen molar-refractivity contribution in [2.24, 2.45) is 7.05 Å². The van der Waals surface area contributed by atoms with Crippen LogP contribution in [0.5, 0.6) is 5.75 Å². The van der Waals surface area contributed by atoms with Gasteiger partial charge >= 0.3 is 5.97 Å². The van der Waals surface area contributed by atoms with Crippen LogP contribution in [0.3, 0.4) is 0 Å². The fraction of sp³-hybridized carbons (Fsp3) is 0.333. The van der Waals surface area contributed by atoms with E-state index in [0.29, 0.717) is 13.0 Å². The van der Waals surface area contributed by atoms with Crippen LogP contribution in [0.25, 0.3) is 11.4 Å². The van der Waals surface area contributed by atoms with Crippen molar-refractivity contribution < 1.29 is 14.6 Å². The topological polar surface area (TPSA) is 90.4 Å². The first-order valence-corrected chi connectivity index (χ1v) is 10.2. The van der Waals surface area contributed by atoms with Crippen LogP contribution in [0.4, 0.5) is 5.69 Å². The summed E-state index contributed by atoms with van der Waals surface area (Å²) in [7, 11) is 2.02. The van der Waals surface area contributed by atoms with E-state index in [1.807, 2.05) is 56.4 Å². The van der Waals surface area contributed by atoms with E-state index in [2.05, 4.69) is 11.5 Å². The number of nitrogen functional groups attached to an aromatic ring is 1. The number of nitrogens with two attached hydrogens (primary N) is 1. The lowest BCUT2D eigenvalue weighted by atomic mass is 10.0. The van der Waals surface area contributed by atoms with Crippen LogP contribution in [0.1, 0.15) is 35.9 Å². The number of nitrogens with zero attached hydrogens (tertiary/aromatic N) is 2. The van der Waals surface area contributed by atoms with E-state index in [4.69, 9.17) is 20.6 Å². The lowest BCUT2D eigenvalue weighted by molar-refractivity contribution is -0.136. The van der Waals surface area contributed by atoms with Gasteiger partial charge in [0.15, 0.2) is 0 Å². The monoisotopic (exact) mass is 407 g/mol. The van der Waals surface area contributed by atoms with Gasteiger partial charge in [0.1, 0.15) is 11.6 Å². The molecular weight excluding hydrogens is 378 g/mol. The quantitative estimate of drug-likeness (QED) is 0.519. The van der Waals surface area contributed by atoms with Gasteiger partial charge in [0, 0.05) is 36.8 Å². The predicted molar refractivity (Wildman–Crippen MR) is 119 cm³/mol. The molecule has 0 aliphatic rings. The largest absolute Gasteiger partial charge is 0.493 e. The number of anilines is 1. The Kier molecular flexibility index (Phi) is 6.77. The second-order valence-corrected chi connectivity index (χ2v) is 7.42. The SMILES string of the molecule is CCc1cc(OCCc2c(C)nc(-c3ccc(N)cc3)n2C)ccc1CCC(=O)O. The lowest BCUT2D eigenvalue weighted by Gasteiger charge is -2.12. The first-order chi connectivity index (χ1) is 14.4. The zero-order chi connectivity index (χ0) is 21.7. The van der Waals surface area contributed by atoms with Gasteiger partial charge in [0.25, 0.3) is 0 Å². The summed E-state index contributed by atoms with van der Waals surface area (Å²) in [4.78, 5) is 15.6. The molecule has 0 spiro atoms. The van der Waals surface area contributed by atoms with Gasteiger partial charge < -0.3 is 20.1 Å². The minimum atomic E-state index is -0.776. The maximum Gasteiger partial charge on any atom is 0.303 e. The van der Waals surface area contributed by atoms with Crippen LogP contribution >= 0.6 is 0 Å². The Hall–Kier alpha value is -3.28. The first-order valence-electron chi connectivity index (χ1n) is 10.2. The summed E-state index contributed by atoms with van der Waals surface area (Å²) in [6.45, 7) is 4.63. The number of rotatable bonds is 9. The van der Waals surface area contributed by atoms with Gasteiger partial charge in [-0.05, 0) is 67.3 Å². The third kappa shape index (κ3) is 5.00. The van der Waals surface area contributed by atoms with E-state index in [-0.39, 0.29) is 6.42 Å². The summed E-state index contributed by atoms with van der Waals surface area (Å²) >= 11 is 0. The summed E-state index contributed by atoms with van der Waals surface area (Å²) < 4.78 is 8.11. The number of ether oxygens (including phenoxy) is 1. The summed E-state index contributed by atoms with van der Waals surface area (Å²) in [5.74, 6) is 0.949. The minimum absolute atomic E-state index is 0.142. The fourth-order valence-electron chi connectivity index (χ4n) is 3.68. The first kappa shape index (κ1) is 21.4. The highest BCUT2D eigenvalue weighted by Gasteiger charge is 2.13. The Bertz CT molecular complexity index is 1020. The van der Waals surface area contributed by atoms with Crippen LogP contribution in [0, 0.1) is 6.92 Å². The molecule has 6 nitrogen and oxygen atoms in total. The van der Waals surface area contributed by atoms with E-state index < -0.39 is 5.97 Å².